The van der Waals surface area contributed by atoms with Crippen LogP contribution < -0.4 is 4.90 Å². The molecule has 0 aliphatic rings. The SMILES string of the molecule is C/C=C/C(CC(=O)N(c1ccccc1)c1ccccc1)[Si](C)(C)C. The molecule has 2 aromatic carbocycles. The summed E-state index contributed by atoms with van der Waals surface area (Å²) in [5.74, 6) is 0.151. The highest BCUT2D eigenvalue weighted by Gasteiger charge is 2.29. The molecule has 2 aromatic rings. The van der Waals surface area contributed by atoms with Crippen LogP contribution in [-0.2, 0) is 4.79 Å². The molecule has 2 rings (SSSR count). The van der Waals surface area contributed by atoms with Crippen molar-refractivity contribution in [3.63, 3.8) is 0 Å². The van der Waals surface area contributed by atoms with Crippen LogP contribution in [0.1, 0.15) is 13.3 Å². The van der Waals surface area contributed by atoms with Gasteiger partial charge in [-0.1, -0.05) is 68.2 Å². The average Bonchev–Trinajstić information content (AvgIpc) is 2.56. The number of para-hydroxylation sites is 2. The molecule has 0 aliphatic carbocycles. The smallest absolute Gasteiger partial charge is 0.231 e. The van der Waals surface area contributed by atoms with E-state index in [0.29, 0.717) is 12.0 Å². The van der Waals surface area contributed by atoms with E-state index in [-0.39, 0.29) is 5.91 Å². The molecule has 3 heteroatoms. The van der Waals surface area contributed by atoms with Crippen LogP contribution in [0.4, 0.5) is 11.4 Å². The second-order valence-corrected chi connectivity index (χ2v) is 12.6. The summed E-state index contributed by atoms with van der Waals surface area (Å²) in [6.45, 7) is 8.99. The number of hydrogen-bond donors (Lipinski definition) is 0. The van der Waals surface area contributed by atoms with Gasteiger partial charge >= 0.3 is 0 Å². The largest absolute Gasteiger partial charge is 0.281 e. The van der Waals surface area contributed by atoms with Crippen LogP contribution in [0.15, 0.2) is 72.8 Å². The Balaban J connectivity index is 2.35. The van der Waals surface area contributed by atoms with Crippen LogP contribution >= 0.6 is 0 Å². The number of anilines is 2. The summed E-state index contributed by atoms with van der Waals surface area (Å²) >= 11 is 0. The van der Waals surface area contributed by atoms with E-state index < -0.39 is 8.07 Å². The fraction of sp³-hybridized carbons (Fsp3) is 0.286. The van der Waals surface area contributed by atoms with Gasteiger partial charge < -0.3 is 0 Å². The van der Waals surface area contributed by atoms with Gasteiger partial charge in [0.05, 0.1) is 8.07 Å². The zero-order valence-electron chi connectivity index (χ0n) is 15.1. The van der Waals surface area contributed by atoms with Gasteiger partial charge in [0.2, 0.25) is 5.91 Å². The van der Waals surface area contributed by atoms with Crippen molar-refractivity contribution in [2.75, 3.05) is 4.90 Å². The first-order chi connectivity index (χ1) is 11.4. The first-order valence-corrected chi connectivity index (χ1v) is 12.1. The van der Waals surface area contributed by atoms with Crippen LogP contribution in [0, 0.1) is 0 Å². The Kier molecular flexibility index (Phi) is 6.15. The maximum absolute atomic E-state index is 13.2. The Morgan fingerprint density at radius 3 is 1.79 bits per heavy atom. The molecule has 0 fully saturated rings. The minimum Gasteiger partial charge on any atom is -0.281 e. The number of carbonyl (C=O) groups is 1. The van der Waals surface area contributed by atoms with Gasteiger partial charge in [-0.05, 0) is 36.7 Å². The molecule has 0 heterocycles. The van der Waals surface area contributed by atoms with E-state index in [0.717, 1.165) is 11.4 Å². The zero-order chi connectivity index (χ0) is 17.6. The average molecular weight is 338 g/mol. The summed E-state index contributed by atoms with van der Waals surface area (Å²) in [5, 5.41) is 0. The highest BCUT2D eigenvalue weighted by molar-refractivity contribution is 6.78. The normalized spacial score (nSPS) is 13.0. The topological polar surface area (TPSA) is 20.3 Å². The number of allylic oxidation sites excluding steroid dienone is 2. The lowest BCUT2D eigenvalue weighted by Gasteiger charge is -2.29. The summed E-state index contributed by atoms with van der Waals surface area (Å²) < 4.78 is 0. The Morgan fingerprint density at radius 1 is 0.958 bits per heavy atom. The lowest BCUT2D eigenvalue weighted by Crippen LogP contribution is -2.33. The van der Waals surface area contributed by atoms with E-state index in [9.17, 15) is 4.79 Å². The molecule has 0 aromatic heterocycles. The number of rotatable bonds is 6. The molecule has 0 saturated carbocycles. The van der Waals surface area contributed by atoms with Crippen molar-refractivity contribution < 1.29 is 4.79 Å². The second-order valence-electron chi connectivity index (χ2n) is 7.10. The van der Waals surface area contributed by atoms with Gasteiger partial charge in [-0.3, -0.25) is 9.69 Å². The molecule has 0 aliphatic heterocycles. The summed E-state index contributed by atoms with van der Waals surface area (Å²) in [5.41, 5.74) is 2.18. The van der Waals surface area contributed by atoms with E-state index in [4.69, 9.17) is 0 Å². The second kappa shape index (κ2) is 8.11. The molecule has 24 heavy (non-hydrogen) atoms. The van der Waals surface area contributed by atoms with E-state index in [1.54, 1.807) is 0 Å². The third-order valence-corrected chi connectivity index (χ3v) is 6.83. The van der Waals surface area contributed by atoms with Gasteiger partial charge in [0.25, 0.3) is 0 Å². The van der Waals surface area contributed by atoms with Gasteiger partial charge in [-0.2, -0.15) is 0 Å². The Hall–Kier alpha value is -2.13. The molecule has 126 valence electrons. The maximum Gasteiger partial charge on any atom is 0.231 e. The standard InChI is InChI=1S/C21H27NOSi/c1-5-12-20(24(2,3)4)17-21(23)22(18-13-8-6-9-14-18)19-15-10-7-11-16-19/h5-16,20H,17H2,1-4H3/b12-5+. The van der Waals surface area contributed by atoms with Crippen molar-refractivity contribution >= 4 is 25.4 Å². The monoisotopic (exact) mass is 337 g/mol. The van der Waals surface area contributed by atoms with E-state index in [2.05, 4.69) is 31.8 Å². The summed E-state index contributed by atoms with van der Waals surface area (Å²) in [4.78, 5) is 15.0. The lowest BCUT2D eigenvalue weighted by atomic mass is 10.2. The molecule has 1 amide bonds. The van der Waals surface area contributed by atoms with Crippen LogP contribution in [0.25, 0.3) is 0 Å². The van der Waals surface area contributed by atoms with Crippen molar-refractivity contribution in [3.8, 4) is 0 Å². The predicted octanol–water partition coefficient (Wildman–Crippen LogP) is 6.03. The highest BCUT2D eigenvalue weighted by atomic mass is 28.3. The van der Waals surface area contributed by atoms with Crippen molar-refractivity contribution in [1.82, 2.24) is 0 Å². The van der Waals surface area contributed by atoms with Crippen molar-refractivity contribution in [3.05, 3.63) is 72.8 Å². The summed E-state index contributed by atoms with van der Waals surface area (Å²) in [6.07, 6.45) is 4.83. The van der Waals surface area contributed by atoms with Crippen LogP contribution in [-0.4, -0.2) is 14.0 Å². The van der Waals surface area contributed by atoms with Gasteiger partial charge in [0.15, 0.2) is 0 Å². The molecule has 0 bridgehead atoms. The molecule has 0 radical (unpaired) electrons. The van der Waals surface area contributed by atoms with Crippen molar-refractivity contribution in [1.29, 1.82) is 0 Å². The zero-order valence-corrected chi connectivity index (χ0v) is 16.1. The number of amides is 1. The molecular weight excluding hydrogens is 310 g/mol. The number of carbonyl (C=O) groups excluding carboxylic acids is 1. The fourth-order valence-corrected chi connectivity index (χ4v) is 4.32. The first-order valence-electron chi connectivity index (χ1n) is 8.49. The number of hydrogen-bond acceptors (Lipinski definition) is 1. The first kappa shape index (κ1) is 18.2. The minimum atomic E-state index is -1.45. The summed E-state index contributed by atoms with van der Waals surface area (Å²) in [7, 11) is -1.45. The van der Waals surface area contributed by atoms with Gasteiger partial charge in [-0.25, -0.2) is 0 Å². The number of benzene rings is 2. The molecule has 1 unspecified atom stereocenters. The van der Waals surface area contributed by atoms with E-state index in [1.165, 1.54) is 0 Å². The lowest BCUT2D eigenvalue weighted by molar-refractivity contribution is -0.117. The van der Waals surface area contributed by atoms with Gasteiger partial charge in [0.1, 0.15) is 0 Å². The quantitative estimate of drug-likeness (QED) is 0.466. The molecular formula is C21H27NOSi. The highest BCUT2D eigenvalue weighted by Crippen LogP contribution is 2.32. The van der Waals surface area contributed by atoms with Gasteiger partial charge in [-0.15, -0.1) is 0 Å². The van der Waals surface area contributed by atoms with Crippen LogP contribution in [0.2, 0.25) is 25.2 Å². The minimum absolute atomic E-state index is 0.151. The summed E-state index contributed by atoms with van der Waals surface area (Å²) in [6, 6.07) is 19.8. The predicted molar refractivity (Wildman–Crippen MR) is 107 cm³/mol. The van der Waals surface area contributed by atoms with Crippen molar-refractivity contribution in [2.24, 2.45) is 0 Å². The maximum atomic E-state index is 13.2. The number of nitrogens with zero attached hydrogens (tertiary/aromatic N) is 1. The molecule has 2 nitrogen and oxygen atoms in total. The van der Waals surface area contributed by atoms with Crippen LogP contribution in [0.5, 0.6) is 0 Å². The van der Waals surface area contributed by atoms with Gasteiger partial charge in [0, 0.05) is 17.8 Å². The molecule has 0 spiro atoms. The third-order valence-electron chi connectivity index (χ3n) is 4.21. The Labute approximate surface area is 146 Å². The van der Waals surface area contributed by atoms with E-state index in [1.807, 2.05) is 72.5 Å². The molecule has 1 atom stereocenters. The Morgan fingerprint density at radius 2 is 1.42 bits per heavy atom. The van der Waals surface area contributed by atoms with E-state index >= 15 is 0 Å². The third kappa shape index (κ3) is 4.68. The Bertz CT molecular complexity index is 634. The molecule has 0 N–H and O–H groups in total. The fourth-order valence-electron chi connectivity index (χ4n) is 2.77. The molecule has 0 saturated heterocycles. The van der Waals surface area contributed by atoms with Crippen LogP contribution in [0.3, 0.4) is 0 Å². The van der Waals surface area contributed by atoms with Crippen molar-refractivity contribution in [2.45, 2.75) is 38.5 Å².